The van der Waals surface area contributed by atoms with E-state index in [0.717, 1.165) is 4.88 Å². The zero-order valence-electron chi connectivity index (χ0n) is 9.91. The Hall–Kier alpha value is -1.37. The van der Waals surface area contributed by atoms with E-state index in [0.29, 0.717) is 12.2 Å². The maximum atomic E-state index is 12.3. The van der Waals surface area contributed by atoms with Gasteiger partial charge in [-0.3, -0.25) is 0 Å². The summed E-state index contributed by atoms with van der Waals surface area (Å²) in [4.78, 5) is 1.27. The molecule has 0 radical (unpaired) electrons. The number of rotatable bonds is 4. The van der Waals surface area contributed by atoms with E-state index in [1.165, 1.54) is 27.8 Å². The Morgan fingerprint density at radius 3 is 2.44 bits per heavy atom. The van der Waals surface area contributed by atoms with Gasteiger partial charge < -0.3 is 5.73 Å². The van der Waals surface area contributed by atoms with Crippen molar-refractivity contribution in [1.82, 2.24) is 4.31 Å². The van der Waals surface area contributed by atoms with E-state index in [4.69, 9.17) is 5.73 Å². The minimum Gasteiger partial charge on any atom is -0.399 e. The molecule has 0 saturated heterocycles. The fourth-order valence-electron chi connectivity index (χ4n) is 1.53. The highest BCUT2D eigenvalue weighted by molar-refractivity contribution is 7.89. The number of benzene rings is 1. The van der Waals surface area contributed by atoms with Crippen LogP contribution in [0.3, 0.4) is 0 Å². The van der Waals surface area contributed by atoms with E-state index in [2.05, 4.69) is 0 Å². The SMILES string of the molecule is CN(Cc1cccs1)S(=O)(=O)c1ccc(N)cc1. The van der Waals surface area contributed by atoms with Gasteiger partial charge in [0.1, 0.15) is 0 Å². The molecular formula is C12H14N2O2S2. The standard InChI is InChI=1S/C12H14N2O2S2/c1-14(9-11-3-2-8-17-11)18(15,16)12-6-4-10(13)5-7-12/h2-8H,9,13H2,1H3. The number of sulfonamides is 1. The van der Waals surface area contributed by atoms with Crippen LogP contribution in [0.4, 0.5) is 5.69 Å². The molecule has 1 aromatic heterocycles. The molecule has 0 aliphatic carbocycles. The molecule has 0 bridgehead atoms. The molecule has 96 valence electrons. The molecule has 2 rings (SSSR count). The smallest absolute Gasteiger partial charge is 0.243 e. The summed E-state index contributed by atoms with van der Waals surface area (Å²) in [6.07, 6.45) is 0. The summed E-state index contributed by atoms with van der Waals surface area (Å²) in [6.45, 7) is 0.379. The minimum atomic E-state index is -3.45. The largest absolute Gasteiger partial charge is 0.399 e. The van der Waals surface area contributed by atoms with Gasteiger partial charge in [-0.05, 0) is 35.7 Å². The minimum absolute atomic E-state index is 0.260. The van der Waals surface area contributed by atoms with Crippen molar-refractivity contribution < 1.29 is 8.42 Å². The fourth-order valence-corrected chi connectivity index (χ4v) is 3.51. The Kier molecular flexibility index (Phi) is 3.70. The van der Waals surface area contributed by atoms with Gasteiger partial charge in [-0.2, -0.15) is 4.31 Å². The Balaban J connectivity index is 2.22. The molecule has 2 aromatic rings. The number of nitrogens with two attached hydrogens (primary N) is 1. The topological polar surface area (TPSA) is 63.4 Å². The molecule has 6 heteroatoms. The zero-order valence-corrected chi connectivity index (χ0v) is 11.5. The molecule has 1 aromatic carbocycles. The number of hydrogen-bond donors (Lipinski definition) is 1. The predicted octanol–water partition coefficient (Wildman–Crippen LogP) is 2.15. The molecule has 1 heterocycles. The van der Waals surface area contributed by atoms with Gasteiger partial charge in [0.05, 0.1) is 4.90 Å². The van der Waals surface area contributed by atoms with Crippen molar-refractivity contribution in [1.29, 1.82) is 0 Å². The summed E-state index contributed by atoms with van der Waals surface area (Å²) in [6, 6.07) is 10.0. The van der Waals surface area contributed by atoms with Crippen LogP contribution in [0, 0.1) is 0 Å². The van der Waals surface area contributed by atoms with Crippen molar-refractivity contribution in [3.8, 4) is 0 Å². The lowest BCUT2D eigenvalue weighted by atomic mass is 10.3. The van der Waals surface area contributed by atoms with Crippen LogP contribution in [0.25, 0.3) is 0 Å². The summed E-state index contributed by atoms with van der Waals surface area (Å²) in [5, 5.41) is 1.93. The lowest BCUT2D eigenvalue weighted by Crippen LogP contribution is -2.26. The molecule has 2 N–H and O–H groups in total. The maximum Gasteiger partial charge on any atom is 0.243 e. The van der Waals surface area contributed by atoms with Crippen molar-refractivity contribution in [2.24, 2.45) is 0 Å². The first-order chi connectivity index (χ1) is 8.50. The Morgan fingerprint density at radius 2 is 1.89 bits per heavy atom. The highest BCUT2D eigenvalue weighted by atomic mass is 32.2. The third-order valence-corrected chi connectivity index (χ3v) is 5.23. The first-order valence-corrected chi connectivity index (χ1v) is 7.66. The monoisotopic (exact) mass is 282 g/mol. The Morgan fingerprint density at radius 1 is 1.22 bits per heavy atom. The quantitative estimate of drug-likeness (QED) is 0.874. The molecule has 18 heavy (non-hydrogen) atoms. The van der Waals surface area contributed by atoms with E-state index in [1.807, 2.05) is 17.5 Å². The number of anilines is 1. The average molecular weight is 282 g/mol. The first kappa shape index (κ1) is 13.1. The van der Waals surface area contributed by atoms with Crippen molar-refractivity contribution in [3.05, 3.63) is 46.7 Å². The summed E-state index contributed by atoms with van der Waals surface area (Å²) in [7, 11) is -1.87. The summed E-state index contributed by atoms with van der Waals surface area (Å²) < 4.78 is 25.9. The second kappa shape index (κ2) is 5.09. The van der Waals surface area contributed by atoms with Crippen LogP contribution in [0.15, 0.2) is 46.7 Å². The molecule has 0 spiro atoms. The van der Waals surface area contributed by atoms with Crippen LogP contribution < -0.4 is 5.73 Å². The molecular weight excluding hydrogens is 268 g/mol. The summed E-state index contributed by atoms with van der Waals surface area (Å²) >= 11 is 1.54. The highest BCUT2D eigenvalue weighted by Gasteiger charge is 2.20. The molecule has 0 fully saturated rings. The van der Waals surface area contributed by atoms with Crippen molar-refractivity contribution in [2.75, 3.05) is 12.8 Å². The van der Waals surface area contributed by atoms with Gasteiger partial charge in [-0.25, -0.2) is 8.42 Å². The molecule has 0 saturated carbocycles. The molecule has 0 unspecified atom stereocenters. The van der Waals surface area contributed by atoms with Crippen LogP contribution in [-0.2, 0) is 16.6 Å². The highest BCUT2D eigenvalue weighted by Crippen LogP contribution is 2.19. The van der Waals surface area contributed by atoms with Crippen LogP contribution >= 0.6 is 11.3 Å². The Bertz CT molecular complexity index is 604. The number of thiophene rings is 1. The van der Waals surface area contributed by atoms with E-state index in [-0.39, 0.29) is 4.90 Å². The summed E-state index contributed by atoms with van der Waals surface area (Å²) in [5.41, 5.74) is 6.10. The zero-order chi connectivity index (χ0) is 13.2. The van der Waals surface area contributed by atoms with Gasteiger partial charge in [-0.15, -0.1) is 11.3 Å². The lowest BCUT2D eigenvalue weighted by molar-refractivity contribution is 0.469. The van der Waals surface area contributed by atoms with Gasteiger partial charge in [-0.1, -0.05) is 6.07 Å². The van der Waals surface area contributed by atoms with Crippen LogP contribution in [0.1, 0.15) is 4.88 Å². The van der Waals surface area contributed by atoms with Crippen molar-refractivity contribution >= 4 is 27.0 Å². The second-order valence-electron chi connectivity index (χ2n) is 3.91. The average Bonchev–Trinajstić information content (AvgIpc) is 2.82. The third kappa shape index (κ3) is 2.72. The Labute approximate surface area is 111 Å². The van der Waals surface area contributed by atoms with Crippen LogP contribution in [-0.4, -0.2) is 19.8 Å². The summed E-state index contributed by atoms with van der Waals surface area (Å²) in [5.74, 6) is 0. The van der Waals surface area contributed by atoms with Gasteiger partial charge in [0.2, 0.25) is 10.0 Å². The predicted molar refractivity (Wildman–Crippen MR) is 73.8 cm³/mol. The second-order valence-corrected chi connectivity index (χ2v) is 6.99. The first-order valence-electron chi connectivity index (χ1n) is 5.34. The number of nitrogen functional groups attached to an aromatic ring is 1. The van der Waals surface area contributed by atoms with E-state index < -0.39 is 10.0 Å². The van der Waals surface area contributed by atoms with Crippen LogP contribution in [0.5, 0.6) is 0 Å². The number of hydrogen-bond acceptors (Lipinski definition) is 4. The molecule has 0 amide bonds. The fraction of sp³-hybridized carbons (Fsp3) is 0.167. The van der Waals surface area contributed by atoms with E-state index in [9.17, 15) is 8.42 Å². The molecule has 0 aliphatic rings. The third-order valence-electron chi connectivity index (χ3n) is 2.55. The van der Waals surface area contributed by atoms with Crippen molar-refractivity contribution in [2.45, 2.75) is 11.4 Å². The van der Waals surface area contributed by atoms with Gasteiger partial charge in [0.25, 0.3) is 0 Å². The maximum absolute atomic E-state index is 12.3. The molecule has 0 atom stereocenters. The van der Waals surface area contributed by atoms with Gasteiger partial charge in [0, 0.05) is 24.2 Å². The molecule has 0 aliphatic heterocycles. The van der Waals surface area contributed by atoms with Crippen molar-refractivity contribution in [3.63, 3.8) is 0 Å². The van der Waals surface area contributed by atoms with E-state index >= 15 is 0 Å². The number of nitrogens with zero attached hydrogens (tertiary/aromatic N) is 1. The van der Waals surface area contributed by atoms with Crippen LogP contribution in [0.2, 0.25) is 0 Å². The van der Waals surface area contributed by atoms with E-state index in [1.54, 1.807) is 19.2 Å². The van der Waals surface area contributed by atoms with Gasteiger partial charge >= 0.3 is 0 Å². The normalized spacial score (nSPS) is 11.9. The lowest BCUT2D eigenvalue weighted by Gasteiger charge is -2.16. The molecule has 4 nitrogen and oxygen atoms in total. The van der Waals surface area contributed by atoms with Gasteiger partial charge in [0.15, 0.2) is 0 Å².